The van der Waals surface area contributed by atoms with Gasteiger partial charge in [0.15, 0.2) is 6.29 Å². The lowest BCUT2D eigenvalue weighted by atomic mass is 9.97. The minimum absolute atomic E-state index is 0.154. The van der Waals surface area contributed by atoms with E-state index in [0.29, 0.717) is 13.2 Å². The zero-order chi connectivity index (χ0) is 15.8. The number of nitrogens with two attached hydrogens (primary N) is 1. The first-order chi connectivity index (χ1) is 10.0. The van der Waals surface area contributed by atoms with Crippen molar-refractivity contribution < 1.29 is 34.3 Å². The highest BCUT2D eigenvalue weighted by Crippen LogP contribution is 2.22. The normalized spacial score (nSPS) is 32.9. The van der Waals surface area contributed by atoms with Crippen LogP contribution in [0.25, 0.3) is 0 Å². The van der Waals surface area contributed by atoms with Crippen molar-refractivity contribution in [2.24, 2.45) is 5.73 Å². The number of rotatable bonds is 8. The Morgan fingerprint density at radius 2 is 2.00 bits per heavy atom. The Labute approximate surface area is 123 Å². The molecule has 1 amide bonds. The van der Waals surface area contributed by atoms with E-state index in [4.69, 9.17) is 25.1 Å². The van der Waals surface area contributed by atoms with Crippen LogP contribution in [-0.4, -0.2) is 84.8 Å². The van der Waals surface area contributed by atoms with Gasteiger partial charge >= 0.3 is 0 Å². The molecule has 5 atom stereocenters. The van der Waals surface area contributed by atoms with Crippen LogP contribution in [0.15, 0.2) is 0 Å². The minimum Gasteiger partial charge on any atom is -0.394 e. The van der Waals surface area contributed by atoms with Crippen LogP contribution in [0.2, 0.25) is 0 Å². The molecule has 21 heavy (non-hydrogen) atoms. The van der Waals surface area contributed by atoms with Crippen molar-refractivity contribution in [2.75, 3.05) is 33.0 Å². The first kappa shape index (κ1) is 18.2. The monoisotopic (exact) mass is 308 g/mol. The molecule has 0 aromatic heterocycles. The van der Waals surface area contributed by atoms with E-state index < -0.39 is 43.2 Å². The first-order valence-corrected chi connectivity index (χ1v) is 6.80. The van der Waals surface area contributed by atoms with Gasteiger partial charge in [0.2, 0.25) is 5.91 Å². The second-order valence-electron chi connectivity index (χ2n) is 4.70. The minimum atomic E-state index is -1.32. The highest BCUT2D eigenvalue weighted by Gasteiger charge is 2.45. The van der Waals surface area contributed by atoms with E-state index in [2.05, 4.69) is 5.32 Å². The van der Waals surface area contributed by atoms with E-state index in [1.165, 1.54) is 6.92 Å². The van der Waals surface area contributed by atoms with Gasteiger partial charge in [0.25, 0.3) is 0 Å². The van der Waals surface area contributed by atoms with Gasteiger partial charge in [0.1, 0.15) is 24.4 Å². The maximum atomic E-state index is 11.2. The van der Waals surface area contributed by atoms with E-state index in [1.54, 1.807) is 0 Å². The second kappa shape index (κ2) is 9.26. The Hall–Kier alpha value is -0.810. The van der Waals surface area contributed by atoms with E-state index in [0.717, 1.165) is 0 Å². The molecule has 9 heteroatoms. The van der Waals surface area contributed by atoms with Gasteiger partial charge in [0, 0.05) is 13.5 Å². The summed E-state index contributed by atoms with van der Waals surface area (Å²) in [6.07, 6.45) is -4.61. The van der Waals surface area contributed by atoms with Crippen LogP contribution >= 0.6 is 0 Å². The number of nitrogens with one attached hydrogen (secondary N) is 1. The van der Waals surface area contributed by atoms with Crippen molar-refractivity contribution in [3.8, 4) is 0 Å². The summed E-state index contributed by atoms with van der Waals surface area (Å²) < 4.78 is 15.9. The molecule has 1 unspecified atom stereocenters. The maximum absolute atomic E-state index is 11.2. The predicted molar refractivity (Wildman–Crippen MR) is 71.2 cm³/mol. The molecule has 0 radical (unpaired) electrons. The highest BCUT2D eigenvalue weighted by atomic mass is 16.7. The first-order valence-electron chi connectivity index (χ1n) is 6.80. The molecule has 9 nitrogen and oxygen atoms in total. The fourth-order valence-corrected chi connectivity index (χ4v) is 2.02. The molecule has 0 aromatic rings. The van der Waals surface area contributed by atoms with Crippen molar-refractivity contribution in [3.05, 3.63) is 0 Å². The Kier molecular flexibility index (Phi) is 8.04. The quantitative estimate of drug-likeness (QED) is 0.297. The molecule has 0 aliphatic carbocycles. The topological polar surface area (TPSA) is 144 Å². The van der Waals surface area contributed by atoms with Crippen LogP contribution < -0.4 is 11.1 Å². The van der Waals surface area contributed by atoms with Crippen LogP contribution in [0.1, 0.15) is 6.92 Å². The number of ether oxygens (including phenoxy) is 3. The van der Waals surface area contributed by atoms with Gasteiger partial charge in [-0.1, -0.05) is 0 Å². The summed E-state index contributed by atoms with van der Waals surface area (Å²) in [5.41, 5.74) is 5.27. The Morgan fingerprint density at radius 1 is 1.29 bits per heavy atom. The predicted octanol–water partition coefficient (Wildman–Crippen LogP) is -3.08. The molecular weight excluding hydrogens is 284 g/mol. The number of hydrogen-bond acceptors (Lipinski definition) is 8. The third-order valence-corrected chi connectivity index (χ3v) is 3.02. The lowest BCUT2D eigenvalue weighted by Crippen LogP contribution is -2.64. The number of aliphatic hydroxyl groups excluding tert-OH is 3. The summed E-state index contributed by atoms with van der Waals surface area (Å²) >= 11 is 0. The average Bonchev–Trinajstić information content (AvgIpc) is 2.45. The number of amides is 1. The summed E-state index contributed by atoms with van der Waals surface area (Å²) in [7, 11) is 0. The third-order valence-electron chi connectivity index (χ3n) is 3.02. The van der Waals surface area contributed by atoms with Crippen LogP contribution in [-0.2, 0) is 19.0 Å². The van der Waals surface area contributed by atoms with Crippen molar-refractivity contribution in [2.45, 2.75) is 37.6 Å². The lowest BCUT2D eigenvalue weighted by Gasteiger charge is -2.42. The average molecular weight is 308 g/mol. The Morgan fingerprint density at radius 3 is 2.57 bits per heavy atom. The van der Waals surface area contributed by atoms with Crippen molar-refractivity contribution >= 4 is 5.91 Å². The van der Waals surface area contributed by atoms with Gasteiger partial charge in [-0.05, 0) is 0 Å². The number of hydrogen-bond donors (Lipinski definition) is 5. The molecule has 124 valence electrons. The van der Waals surface area contributed by atoms with E-state index in [1.807, 2.05) is 0 Å². The number of carbonyl (C=O) groups is 1. The van der Waals surface area contributed by atoms with Crippen LogP contribution in [0.3, 0.4) is 0 Å². The fourth-order valence-electron chi connectivity index (χ4n) is 2.02. The van der Waals surface area contributed by atoms with E-state index in [9.17, 15) is 15.0 Å². The Balaban J connectivity index is 2.58. The molecular formula is C12H24N2O7. The zero-order valence-corrected chi connectivity index (χ0v) is 12.0. The summed E-state index contributed by atoms with van der Waals surface area (Å²) in [6, 6.07) is -0.935. The highest BCUT2D eigenvalue weighted by molar-refractivity contribution is 5.73. The van der Waals surface area contributed by atoms with Crippen molar-refractivity contribution in [1.29, 1.82) is 0 Å². The molecule has 1 fully saturated rings. The molecule has 1 heterocycles. The maximum Gasteiger partial charge on any atom is 0.217 e. The van der Waals surface area contributed by atoms with Gasteiger partial charge in [-0.25, -0.2) is 0 Å². The summed E-state index contributed by atoms with van der Waals surface area (Å²) in [4.78, 5) is 11.2. The largest absolute Gasteiger partial charge is 0.394 e. The third kappa shape index (κ3) is 5.47. The SMILES string of the molecule is CC(=O)N[C@@H]1C(O)[C@@H](O)[C@@H](CO)O[C@H]1OCCOCCN. The molecule has 0 spiro atoms. The molecule has 1 saturated heterocycles. The molecule has 6 N–H and O–H groups in total. The molecule has 0 saturated carbocycles. The van der Waals surface area contributed by atoms with Crippen molar-refractivity contribution in [1.82, 2.24) is 5.32 Å². The smallest absolute Gasteiger partial charge is 0.217 e. The molecule has 0 bridgehead atoms. The lowest BCUT2D eigenvalue weighted by molar-refractivity contribution is -0.272. The standard InChI is InChI=1S/C12H24N2O7/c1-7(16)14-9-11(18)10(17)8(6-15)21-12(9)20-5-4-19-3-2-13/h8-12,15,17-18H,2-6,13H2,1H3,(H,14,16)/t8-,9-,10+,11?,12-/m1/s1. The van der Waals surface area contributed by atoms with Gasteiger partial charge in [0.05, 0.1) is 26.4 Å². The second-order valence-corrected chi connectivity index (χ2v) is 4.70. The molecule has 1 aliphatic rings. The van der Waals surface area contributed by atoms with Crippen LogP contribution in [0.5, 0.6) is 0 Å². The summed E-state index contributed by atoms with van der Waals surface area (Å²) in [5, 5.41) is 31.4. The Bertz CT molecular complexity index is 318. The molecule has 0 aromatic carbocycles. The number of aliphatic hydroxyl groups is 3. The summed E-state index contributed by atoms with van der Waals surface area (Å²) in [6.45, 7) is 2.01. The molecule has 1 aliphatic heterocycles. The van der Waals surface area contributed by atoms with Gasteiger partial charge in [-0.15, -0.1) is 0 Å². The zero-order valence-electron chi connectivity index (χ0n) is 12.0. The van der Waals surface area contributed by atoms with Gasteiger partial charge in [-0.2, -0.15) is 0 Å². The number of carbonyl (C=O) groups excluding carboxylic acids is 1. The van der Waals surface area contributed by atoms with Gasteiger partial charge < -0.3 is 40.6 Å². The fraction of sp³-hybridized carbons (Fsp3) is 0.917. The van der Waals surface area contributed by atoms with E-state index in [-0.39, 0.29) is 13.2 Å². The van der Waals surface area contributed by atoms with Crippen molar-refractivity contribution in [3.63, 3.8) is 0 Å². The van der Waals surface area contributed by atoms with Gasteiger partial charge in [-0.3, -0.25) is 4.79 Å². The van der Waals surface area contributed by atoms with Crippen LogP contribution in [0, 0.1) is 0 Å². The molecule has 1 rings (SSSR count). The van der Waals surface area contributed by atoms with E-state index >= 15 is 0 Å². The summed E-state index contributed by atoms with van der Waals surface area (Å²) in [5.74, 6) is -0.398. The van der Waals surface area contributed by atoms with Crippen LogP contribution in [0.4, 0.5) is 0 Å².